The summed E-state index contributed by atoms with van der Waals surface area (Å²) >= 11 is 0. The van der Waals surface area contributed by atoms with Crippen molar-refractivity contribution in [1.29, 1.82) is 0 Å². The first-order chi connectivity index (χ1) is 7.79. The summed E-state index contributed by atoms with van der Waals surface area (Å²) in [5, 5.41) is 0.229. The summed E-state index contributed by atoms with van der Waals surface area (Å²) in [6.07, 6.45) is 2.94. The van der Waals surface area contributed by atoms with Crippen molar-refractivity contribution < 1.29 is 38.8 Å². The second kappa shape index (κ2) is 8.59. The molecule has 0 aromatic carbocycles. The van der Waals surface area contributed by atoms with Crippen LogP contribution >= 0.6 is 0 Å². The molecule has 0 fully saturated rings. The Bertz CT molecular complexity index is 218. The van der Waals surface area contributed by atoms with Gasteiger partial charge in [-0.15, -0.1) is 11.7 Å². The number of hydrogen-bond donors (Lipinski definition) is 5. The lowest BCUT2D eigenvalue weighted by Gasteiger charge is -2.39. The van der Waals surface area contributed by atoms with E-state index in [2.05, 4.69) is 0 Å². The van der Waals surface area contributed by atoms with Gasteiger partial charge in [-0.3, -0.25) is 0 Å². The van der Waals surface area contributed by atoms with Crippen molar-refractivity contribution in [1.82, 2.24) is 0 Å². The van der Waals surface area contributed by atoms with Gasteiger partial charge in [0.05, 0.1) is 0 Å². The predicted molar refractivity (Wildman–Crippen MR) is 66.7 cm³/mol. The Hall–Kier alpha value is 0.450. The zero-order chi connectivity index (χ0) is 13.7. The molecule has 0 spiro atoms. The molecule has 0 atom stereocenters. The molecule has 0 aromatic heterocycles. The summed E-state index contributed by atoms with van der Waals surface area (Å²) in [6.45, 7) is 7.96. The molecule has 0 amide bonds. The summed E-state index contributed by atoms with van der Waals surface area (Å²) in [4.78, 5) is 5.34. The summed E-state index contributed by atoms with van der Waals surface area (Å²) in [5.41, 5.74) is -0.758. The van der Waals surface area contributed by atoms with E-state index in [9.17, 15) is 0 Å². The number of halogens is 1. The molecule has 9 N–H and O–H groups in total. The van der Waals surface area contributed by atoms with Gasteiger partial charge in [0.2, 0.25) is 0 Å². The number of quaternary nitrogens is 2. The van der Waals surface area contributed by atoms with Crippen LogP contribution in [0.5, 0.6) is 0 Å². The standard InChI is InChI=1S/C10H29N6O.HI/c1-5-9(6-2)16(13,14)17-10(7-3,8-4)15(11)12;/h9H,5-8,11-14H2,1-4H3;1H/q+1;. The molecular formula is C10H30IN6O+. The normalized spacial score (nSPS) is 13.0. The van der Waals surface area contributed by atoms with Crippen molar-refractivity contribution in [2.45, 2.75) is 65.1 Å². The molecule has 18 heavy (non-hydrogen) atoms. The topological polar surface area (TPSA) is 118 Å². The van der Waals surface area contributed by atoms with Gasteiger partial charge in [0.1, 0.15) is 0 Å². The molecule has 0 unspecified atom stereocenters. The lowest BCUT2D eigenvalue weighted by atomic mass is 10.1. The quantitative estimate of drug-likeness (QED) is 0.0968. The molecule has 0 aromatic rings. The molecule has 112 valence electrons. The summed E-state index contributed by atoms with van der Waals surface area (Å²) in [5.74, 6) is 23.5. The van der Waals surface area contributed by atoms with Gasteiger partial charge in [0.25, 0.3) is 5.72 Å². The van der Waals surface area contributed by atoms with Crippen LogP contribution in [0.2, 0.25) is 0 Å². The van der Waals surface area contributed by atoms with Crippen molar-refractivity contribution in [3.8, 4) is 0 Å². The van der Waals surface area contributed by atoms with Crippen molar-refractivity contribution >= 4 is 0 Å². The van der Waals surface area contributed by atoms with Gasteiger partial charge in [-0.2, -0.15) is 16.8 Å². The van der Waals surface area contributed by atoms with Crippen molar-refractivity contribution in [3.05, 3.63) is 0 Å². The molecule has 0 radical (unpaired) electrons. The highest BCUT2D eigenvalue weighted by Crippen LogP contribution is 2.19. The van der Waals surface area contributed by atoms with E-state index >= 15 is 0 Å². The van der Waals surface area contributed by atoms with E-state index in [-0.39, 0.29) is 35.1 Å². The monoisotopic (exact) mass is 377 g/mol. The van der Waals surface area contributed by atoms with Crippen molar-refractivity contribution in [3.63, 3.8) is 0 Å². The number of nitrogens with one attached hydrogen (secondary N) is 1. The van der Waals surface area contributed by atoms with E-state index in [4.69, 9.17) is 28.2 Å². The molecule has 0 aliphatic rings. The van der Waals surface area contributed by atoms with Gasteiger partial charge < -0.3 is 24.0 Å². The molecule has 0 rings (SSSR count). The van der Waals surface area contributed by atoms with E-state index in [1.807, 2.05) is 27.7 Å². The predicted octanol–water partition coefficient (Wildman–Crippen LogP) is -4.18. The molecular weight excluding hydrogens is 347 g/mol. The molecule has 0 saturated carbocycles. The second-order valence-electron chi connectivity index (χ2n) is 4.48. The minimum Gasteiger partial charge on any atom is -1.00 e. The van der Waals surface area contributed by atoms with E-state index in [1.54, 1.807) is 0 Å². The van der Waals surface area contributed by atoms with E-state index in [0.29, 0.717) is 12.8 Å². The van der Waals surface area contributed by atoms with Crippen LogP contribution in [-0.4, -0.2) is 16.6 Å². The second-order valence-corrected chi connectivity index (χ2v) is 4.48. The highest BCUT2D eigenvalue weighted by molar-refractivity contribution is 4.59. The molecule has 7 nitrogen and oxygen atoms in total. The molecule has 0 bridgehead atoms. The Morgan fingerprint density at radius 2 is 1.44 bits per heavy atom. The Morgan fingerprint density at radius 3 is 1.67 bits per heavy atom. The van der Waals surface area contributed by atoms with Crippen LogP contribution in [0.3, 0.4) is 0 Å². The summed E-state index contributed by atoms with van der Waals surface area (Å²) in [6, 6.07) is 0.0202. The molecule has 0 aliphatic heterocycles. The first kappa shape index (κ1) is 20.8. The van der Waals surface area contributed by atoms with Crippen LogP contribution in [0.1, 0.15) is 53.4 Å². The third-order valence-electron chi connectivity index (χ3n) is 3.51. The fourth-order valence-corrected chi connectivity index (χ4v) is 2.08. The van der Waals surface area contributed by atoms with Crippen LogP contribution in [0.15, 0.2) is 0 Å². The number of hydroxylamine groups is 1. The largest absolute Gasteiger partial charge is 1.00 e. The van der Waals surface area contributed by atoms with Crippen LogP contribution in [-0.2, 0) is 4.84 Å². The smallest absolute Gasteiger partial charge is 0.291 e. The van der Waals surface area contributed by atoms with Gasteiger partial charge in [0.15, 0.2) is 6.04 Å². The average molecular weight is 377 g/mol. The first-order valence-corrected chi connectivity index (χ1v) is 6.34. The van der Waals surface area contributed by atoms with Gasteiger partial charge in [-0.05, 0) is 4.86 Å². The van der Waals surface area contributed by atoms with E-state index in [1.165, 1.54) is 0 Å². The van der Waals surface area contributed by atoms with Crippen molar-refractivity contribution in [2.24, 2.45) is 23.4 Å². The van der Waals surface area contributed by atoms with Gasteiger partial charge >= 0.3 is 0 Å². The fourth-order valence-electron chi connectivity index (χ4n) is 2.08. The van der Waals surface area contributed by atoms with Crippen LogP contribution in [0, 0.1) is 0 Å². The molecule has 0 heterocycles. The van der Waals surface area contributed by atoms with Crippen LogP contribution < -0.4 is 52.5 Å². The molecule has 8 heteroatoms. The third kappa shape index (κ3) is 4.85. The number of hydrogen-bond acceptors (Lipinski definition) is 5. The van der Waals surface area contributed by atoms with Crippen molar-refractivity contribution in [2.75, 3.05) is 0 Å². The Kier molecular flexibility index (Phi) is 9.90. The summed E-state index contributed by atoms with van der Waals surface area (Å²) < 4.78 is 0. The maximum atomic E-state index is 6.03. The van der Waals surface area contributed by atoms with Gasteiger partial charge in [0, 0.05) is 25.7 Å². The minimum atomic E-state index is -0.758. The number of nitrogens with two attached hydrogens (primary N) is 4. The highest BCUT2D eigenvalue weighted by atomic mass is 127. The molecule has 0 saturated heterocycles. The average Bonchev–Trinajstić information content (AvgIpc) is 2.26. The Balaban J connectivity index is 0. The lowest BCUT2D eigenvalue weighted by Crippen LogP contribution is -3.30. The maximum Gasteiger partial charge on any atom is 0.291 e. The Morgan fingerprint density at radius 1 is 1.06 bits per heavy atom. The van der Waals surface area contributed by atoms with E-state index in [0.717, 1.165) is 12.8 Å². The number of rotatable bonds is 8. The first-order valence-electron chi connectivity index (χ1n) is 6.34. The van der Waals surface area contributed by atoms with Gasteiger partial charge in [-0.25, -0.2) is 0 Å². The molecule has 0 aliphatic carbocycles. The third-order valence-corrected chi connectivity index (χ3v) is 3.51. The van der Waals surface area contributed by atoms with Crippen LogP contribution in [0.25, 0.3) is 0 Å². The zero-order valence-electron chi connectivity index (χ0n) is 11.9. The Labute approximate surface area is 127 Å². The highest BCUT2D eigenvalue weighted by Gasteiger charge is 2.47. The SMILES string of the molecule is CCC(CC)[N+](N)(N)OC(CC)(CC)[NH+](N)N.[I-]. The zero-order valence-corrected chi connectivity index (χ0v) is 14.1. The summed E-state index contributed by atoms with van der Waals surface area (Å²) in [7, 11) is 0. The van der Waals surface area contributed by atoms with Crippen LogP contribution in [0.4, 0.5) is 0 Å². The van der Waals surface area contributed by atoms with E-state index < -0.39 is 10.6 Å². The lowest BCUT2D eigenvalue weighted by molar-refractivity contribution is -1.20. The minimum absolute atomic E-state index is 0. The maximum absolute atomic E-state index is 6.03. The fraction of sp³-hybridized carbons (Fsp3) is 1.00. The number of nitrogens with zero attached hydrogens (tertiary/aromatic N) is 1. The van der Waals surface area contributed by atoms with Gasteiger partial charge in [-0.1, -0.05) is 32.5 Å².